The van der Waals surface area contributed by atoms with E-state index in [1.807, 2.05) is 6.26 Å². The summed E-state index contributed by atoms with van der Waals surface area (Å²) < 4.78 is 0. The molecular formula is C12H24N2O3S. The molecule has 0 saturated carbocycles. The number of carbonyl (C=O) groups is 2. The fraction of sp³-hybridized carbons (Fsp3) is 0.833. The van der Waals surface area contributed by atoms with Gasteiger partial charge in [-0.25, -0.2) is 9.59 Å². The van der Waals surface area contributed by atoms with Gasteiger partial charge in [0, 0.05) is 13.6 Å². The van der Waals surface area contributed by atoms with Gasteiger partial charge in [0.05, 0.1) is 0 Å². The van der Waals surface area contributed by atoms with Gasteiger partial charge < -0.3 is 15.3 Å². The first-order valence-corrected chi connectivity index (χ1v) is 7.65. The maximum Gasteiger partial charge on any atom is 0.326 e. The molecule has 0 aliphatic carbocycles. The molecular weight excluding hydrogens is 252 g/mol. The number of hydrogen-bond donors (Lipinski definition) is 2. The third-order valence-electron chi connectivity index (χ3n) is 2.65. The molecule has 1 atom stereocenters. The summed E-state index contributed by atoms with van der Waals surface area (Å²) in [6, 6.07) is -1.10. The number of carboxylic acid groups (broad SMARTS) is 1. The number of nitrogens with one attached hydrogen (secondary N) is 1. The van der Waals surface area contributed by atoms with Crippen molar-refractivity contribution in [3.05, 3.63) is 0 Å². The highest BCUT2D eigenvalue weighted by molar-refractivity contribution is 7.98. The predicted octanol–water partition coefficient (Wildman–Crippen LogP) is 2.02. The van der Waals surface area contributed by atoms with E-state index in [1.54, 1.807) is 23.7 Å². The molecule has 5 nitrogen and oxygen atoms in total. The average Bonchev–Trinajstić information content (AvgIpc) is 2.33. The Kier molecular flexibility index (Phi) is 9.55. The average molecular weight is 276 g/mol. The SMILES string of the molecule is CCCCCN(C)C(=O)N[C@@H](CCSC)C(=O)O. The van der Waals surface area contributed by atoms with Crippen molar-refractivity contribution in [1.82, 2.24) is 10.2 Å². The zero-order valence-corrected chi connectivity index (χ0v) is 12.3. The van der Waals surface area contributed by atoms with Gasteiger partial charge in [-0.15, -0.1) is 0 Å². The first kappa shape index (κ1) is 17.1. The van der Waals surface area contributed by atoms with E-state index >= 15 is 0 Å². The number of carbonyl (C=O) groups excluding carboxylic acids is 1. The molecule has 0 spiro atoms. The summed E-state index contributed by atoms with van der Waals surface area (Å²) in [4.78, 5) is 24.3. The number of rotatable bonds is 9. The van der Waals surface area contributed by atoms with Gasteiger partial charge in [0.2, 0.25) is 0 Å². The molecule has 18 heavy (non-hydrogen) atoms. The maximum absolute atomic E-state index is 11.8. The summed E-state index contributed by atoms with van der Waals surface area (Å²) in [5.41, 5.74) is 0. The standard InChI is InChI=1S/C12H24N2O3S/c1-4-5-6-8-14(2)12(17)13-10(11(15)16)7-9-18-3/h10H,4-9H2,1-3H3,(H,13,17)(H,15,16)/t10-/m0/s1. The monoisotopic (exact) mass is 276 g/mol. The zero-order valence-electron chi connectivity index (χ0n) is 11.4. The molecule has 0 bridgehead atoms. The molecule has 0 saturated heterocycles. The molecule has 2 N–H and O–H groups in total. The Morgan fingerprint density at radius 3 is 2.56 bits per heavy atom. The van der Waals surface area contributed by atoms with Gasteiger partial charge in [-0.2, -0.15) is 11.8 Å². The molecule has 0 rings (SSSR count). The summed E-state index contributed by atoms with van der Waals surface area (Å²) in [6.45, 7) is 2.76. The number of nitrogens with zero attached hydrogens (tertiary/aromatic N) is 1. The fourth-order valence-corrected chi connectivity index (χ4v) is 1.92. The van der Waals surface area contributed by atoms with E-state index in [1.165, 1.54) is 0 Å². The third kappa shape index (κ3) is 7.42. The second-order valence-corrected chi connectivity index (χ2v) is 5.24. The Bertz CT molecular complexity index is 262. The summed E-state index contributed by atoms with van der Waals surface area (Å²) in [7, 11) is 1.69. The Hall–Kier alpha value is -0.910. The quantitative estimate of drug-likeness (QED) is 0.632. The number of urea groups is 1. The zero-order chi connectivity index (χ0) is 14.0. The first-order chi connectivity index (χ1) is 8.52. The van der Waals surface area contributed by atoms with Crippen molar-refractivity contribution in [3.63, 3.8) is 0 Å². The molecule has 0 unspecified atom stereocenters. The van der Waals surface area contributed by atoms with Crippen LogP contribution in [0.2, 0.25) is 0 Å². The highest BCUT2D eigenvalue weighted by Crippen LogP contribution is 2.02. The van der Waals surface area contributed by atoms with Crippen molar-refractivity contribution >= 4 is 23.8 Å². The molecule has 2 amide bonds. The summed E-state index contributed by atoms with van der Waals surface area (Å²) in [5.74, 6) is -0.254. The Labute approximate surface area is 113 Å². The minimum atomic E-state index is -0.973. The van der Waals surface area contributed by atoms with Gasteiger partial charge in [-0.05, 0) is 24.9 Å². The van der Waals surface area contributed by atoms with Gasteiger partial charge in [0.1, 0.15) is 6.04 Å². The molecule has 0 radical (unpaired) electrons. The minimum Gasteiger partial charge on any atom is -0.480 e. The normalized spacial score (nSPS) is 11.9. The van der Waals surface area contributed by atoms with Crippen LogP contribution in [0, 0.1) is 0 Å². The summed E-state index contributed by atoms with van der Waals surface area (Å²) in [6.07, 6.45) is 5.49. The first-order valence-electron chi connectivity index (χ1n) is 6.26. The van der Waals surface area contributed by atoms with E-state index in [0.717, 1.165) is 25.0 Å². The van der Waals surface area contributed by atoms with Gasteiger partial charge in [-0.1, -0.05) is 19.8 Å². The Morgan fingerprint density at radius 1 is 1.39 bits per heavy atom. The summed E-state index contributed by atoms with van der Waals surface area (Å²) in [5, 5.41) is 11.6. The van der Waals surface area contributed by atoms with Crippen LogP contribution in [-0.2, 0) is 4.79 Å². The number of thioether (sulfide) groups is 1. The molecule has 6 heteroatoms. The molecule has 0 heterocycles. The van der Waals surface area contributed by atoms with Crippen LogP contribution in [0.25, 0.3) is 0 Å². The van der Waals surface area contributed by atoms with Crippen molar-refractivity contribution < 1.29 is 14.7 Å². The number of hydrogen-bond acceptors (Lipinski definition) is 3. The molecule has 0 aromatic carbocycles. The molecule has 0 aliphatic heterocycles. The van der Waals surface area contributed by atoms with E-state index in [9.17, 15) is 9.59 Å². The molecule has 0 fully saturated rings. The van der Waals surface area contributed by atoms with E-state index in [0.29, 0.717) is 13.0 Å². The van der Waals surface area contributed by atoms with Gasteiger partial charge in [0.25, 0.3) is 0 Å². The molecule has 106 valence electrons. The molecule has 0 aromatic rings. The largest absolute Gasteiger partial charge is 0.480 e. The lowest BCUT2D eigenvalue weighted by molar-refractivity contribution is -0.139. The minimum absolute atomic E-state index is 0.306. The van der Waals surface area contributed by atoms with Crippen molar-refractivity contribution in [2.24, 2.45) is 0 Å². The van der Waals surface area contributed by atoms with Gasteiger partial charge in [-0.3, -0.25) is 0 Å². The lowest BCUT2D eigenvalue weighted by atomic mass is 10.2. The van der Waals surface area contributed by atoms with Crippen molar-refractivity contribution in [1.29, 1.82) is 0 Å². The highest BCUT2D eigenvalue weighted by atomic mass is 32.2. The predicted molar refractivity (Wildman–Crippen MR) is 75.1 cm³/mol. The highest BCUT2D eigenvalue weighted by Gasteiger charge is 2.20. The van der Waals surface area contributed by atoms with Gasteiger partial charge in [0.15, 0.2) is 0 Å². The van der Waals surface area contributed by atoms with Crippen LogP contribution in [0.15, 0.2) is 0 Å². The molecule has 0 aromatic heterocycles. The Balaban J connectivity index is 4.10. The van der Waals surface area contributed by atoms with Crippen molar-refractivity contribution in [3.8, 4) is 0 Å². The van der Waals surface area contributed by atoms with Gasteiger partial charge >= 0.3 is 12.0 Å². The van der Waals surface area contributed by atoms with E-state index in [4.69, 9.17) is 5.11 Å². The topological polar surface area (TPSA) is 69.6 Å². The number of unbranched alkanes of at least 4 members (excludes halogenated alkanes) is 2. The number of amides is 2. The second kappa shape index (κ2) is 10.1. The van der Waals surface area contributed by atoms with Crippen molar-refractivity contribution in [2.75, 3.05) is 25.6 Å². The van der Waals surface area contributed by atoms with Crippen LogP contribution < -0.4 is 5.32 Å². The van der Waals surface area contributed by atoms with E-state index in [2.05, 4.69) is 12.2 Å². The van der Waals surface area contributed by atoms with Crippen LogP contribution in [0.3, 0.4) is 0 Å². The van der Waals surface area contributed by atoms with Crippen LogP contribution in [0.4, 0.5) is 4.79 Å². The van der Waals surface area contributed by atoms with Crippen LogP contribution in [0.5, 0.6) is 0 Å². The Morgan fingerprint density at radius 2 is 2.06 bits per heavy atom. The fourth-order valence-electron chi connectivity index (χ4n) is 1.45. The number of aliphatic carboxylic acids is 1. The second-order valence-electron chi connectivity index (χ2n) is 4.25. The smallest absolute Gasteiger partial charge is 0.326 e. The van der Waals surface area contributed by atoms with E-state index < -0.39 is 12.0 Å². The van der Waals surface area contributed by atoms with Crippen LogP contribution in [0.1, 0.15) is 32.6 Å². The van der Waals surface area contributed by atoms with Crippen LogP contribution >= 0.6 is 11.8 Å². The number of carboxylic acids is 1. The lowest BCUT2D eigenvalue weighted by Gasteiger charge is -2.21. The van der Waals surface area contributed by atoms with E-state index in [-0.39, 0.29) is 6.03 Å². The molecule has 0 aliphatic rings. The van der Waals surface area contributed by atoms with Crippen LogP contribution in [-0.4, -0.2) is 53.6 Å². The maximum atomic E-state index is 11.8. The van der Waals surface area contributed by atoms with Crippen molar-refractivity contribution in [2.45, 2.75) is 38.6 Å². The lowest BCUT2D eigenvalue weighted by Crippen LogP contribution is -2.47. The summed E-state index contributed by atoms with van der Waals surface area (Å²) >= 11 is 1.57. The third-order valence-corrected chi connectivity index (χ3v) is 3.29.